The molecule has 7 nitrogen and oxygen atoms in total. The van der Waals surface area contributed by atoms with Gasteiger partial charge in [-0.3, -0.25) is 9.59 Å². The average Bonchev–Trinajstić information content (AvgIpc) is 2.66. The van der Waals surface area contributed by atoms with Crippen LogP contribution >= 0.6 is 31.9 Å². The molecular weight excluding hydrogens is 482 g/mol. The molecule has 0 saturated carbocycles. The molecule has 0 radical (unpaired) electrons. The van der Waals surface area contributed by atoms with Crippen molar-refractivity contribution in [3.8, 4) is 11.5 Å². The van der Waals surface area contributed by atoms with Crippen molar-refractivity contribution in [2.75, 3.05) is 13.7 Å². The summed E-state index contributed by atoms with van der Waals surface area (Å²) in [7, 11) is 1.55. The van der Waals surface area contributed by atoms with Crippen LogP contribution in [0.15, 0.2) is 50.4 Å². The number of nitrogens with zero attached hydrogens (tertiary/aromatic N) is 1. The first kappa shape index (κ1) is 20.9. The lowest BCUT2D eigenvalue weighted by Crippen LogP contribution is -2.29. The van der Waals surface area contributed by atoms with Crippen LogP contribution < -0.4 is 15.5 Å². The van der Waals surface area contributed by atoms with Crippen molar-refractivity contribution in [2.24, 2.45) is 5.10 Å². The molecule has 2 aromatic carbocycles. The van der Waals surface area contributed by atoms with Crippen LogP contribution in [0.1, 0.15) is 22.3 Å². The van der Waals surface area contributed by atoms with Gasteiger partial charge in [0.25, 0.3) is 5.91 Å². The number of phenols is 1. The molecule has 0 unspecified atom stereocenters. The van der Waals surface area contributed by atoms with Gasteiger partial charge in [-0.25, -0.2) is 5.43 Å². The first-order valence-corrected chi connectivity index (χ1v) is 9.41. The van der Waals surface area contributed by atoms with Crippen LogP contribution in [0.25, 0.3) is 0 Å². The van der Waals surface area contributed by atoms with Crippen molar-refractivity contribution in [1.82, 2.24) is 10.7 Å². The minimum atomic E-state index is -0.335. The molecule has 9 heteroatoms. The van der Waals surface area contributed by atoms with Crippen molar-refractivity contribution in [3.05, 3.63) is 56.5 Å². The van der Waals surface area contributed by atoms with E-state index in [0.717, 1.165) is 0 Å². The summed E-state index contributed by atoms with van der Waals surface area (Å²) < 4.78 is 6.05. The van der Waals surface area contributed by atoms with Crippen LogP contribution in [0.4, 0.5) is 0 Å². The predicted molar refractivity (Wildman–Crippen MR) is 109 cm³/mol. The summed E-state index contributed by atoms with van der Waals surface area (Å²) in [6.07, 6.45) is 1.53. The maximum Gasteiger partial charge on any atom is 0.251 e. The molecule has 142 valence electrons. The fourth-order valence-electron chi connectivity index (χ4n) is 2.03. The lowest BCUT2D eigenvalue weighted by atomic mass is 10.2. The van der Waals surface area contributed by atoms with Gasteiger partial charge in [0.1, 0.15) is 11.5 Å². The van der Waals surface area contributed by atoms with Gasteiger partial charge in [0.2, 0.25) is 5.91 Å². The van der Waals surface area contributed by atoms with Crippen LogP contribution in [0.5, 0.6) is 11.5 Å². The highest BCUT2D eigenvalue weighted by Crippen LogP contribution is 2.32. The monoisotopic (exact) mass is 497 g/mol. The number of phenolic OH excluding ortho intramolecular Hbond substituents is 1. The predicted octanol–water partition coefficient (Wildman–Crippen LogP) is 3.20. The Balaban J connectivity index is 1.76. The van der Waals surface area contributed by atoms with E-state index in [1.54, 1.807) is 43.5 Å². The van der Waals surface area contributed by atoms with Gasteiger partial charge in [0, 0.05) is 18.5 Å². The molecule has 0 heterocycles. The number of carbonyl (C=O) groups is 2. The first-order chi connectivity index (χ1) is 12.9. The Kier molecular flexibility index (Phi) is 7.81. The second-order valence-corrected chi connectivity index (χ2v) is 7.07. The maximum absolute atomic E-state index is 12.0. The van der Waals surface area contributed by atoms with Gasteiger partial charge in [-0.1, -0.05) is 0 Å². The van der Waals surface area contributed by atoms with E-state index in [1.807, 2.05) is 0 Å². The number of halogens is 2. The summed E-state index contributed by atoms with van der Waals surface area (Å²) in [6.45, 7) is 0.183. The molecule has 0 aliphatic rings. The zero-order valence-electron chi connectivity index (χ0n) is 14.3. The lowest BCUT2D eigenvalue weighted by molar-refractivity contribution is -0.120. The van der Waals surface area contributed by atoms with Crippen molar-refractivity contribution in [1.29, 1.82) is 0 Å². The van der Waals surface area contributed by atoms with Crippen LogP contribution in [0, 0.1) is 0 Å². The number of methoxy groups -OCH3 is 1. The number of amides is 2. The number of hydrogen-bond donors (Lipinski definition) is 3. The number of benzene rings is 2. The standard InChI is InChI=1S/C18H17Br2N3O4/c1-27-13-4-2-12(3-5-13)18(26)21-7-6-16(24)23-22-10-11-8-14(19)17(25)15(20)9-11/h2-5,8-10,25H,6-7H2,1H3,(H,21,26)(H,23,24)/b22-10+. The Hall–Kier alpha value is -2.39. The fraction of sp³-hybridized carbons (Fsp3) is 0.167. The van der Waals surface area contributed by atoms with Crippen molar-refractivity contribution < 1.29 is 19.4 Å². The summed E-state index contributed by atoms with van der Waals surface area (Å²) in [4.78, 5) is 23.7. The van der Waals surface area contributed by atoms with E-state index in [1.165, 1.54) is 6.21 Å². The molecule has 2 rings (SSSR count). The Morgan fingerprint density at radius 1 is 1.19 bits per heavy atom. The van der Waals surface area contributed by atoms with Gasteiger partial charge in [0.15, 0.2) is 0 Å². The molecule has 0 fully saturated rings. The van der Waals surface area contributed by atoms with Crippen molar-refractivity contribution in [3.63, 3.8) is 0 Å². The molecule has 0 aliphatic carbocycles. The summed E-state index contributed by atoms with van der Waals surface area (Å²) >= 11 is 6.43. The fourth-order valence-corrected chi connectivity index (χ4v) is 3.25. The summed E-state index contributed by atoms with van der Waals surface area (Å²) in [5.74, 6) is 0.145. The Bertz CT molecular complexity index is 831. The molecular formula is C18H17Br2N3O4. The number of ether oxygens (including phenoxy) is 1. The smallest absolute Gasteiger partial charge is 0.251 e. The van der Waals surface area contributed by atoms with E-state index in [2.05, 4.69) is 47.7 Å². The molecule has 0 spiro atoms. The van der Waals surface area contributed by atoms with Crippen LogP contribution in [-0.4, -0.2) is 36.8 Å². The van der Waals surface area contributed by atoms with Gasteiger partial charge >= 0.3 is 0 Å². The molecule has 3 N–H and O–H groups in total. The Labute approximate surface area is 173 Å². The average molecular weight is 499 g/mol. The van der Waals surface area contributed by atoms with Crippen molar-refractivity contribution >= 4 is 49.9 Å². The Morgan fingerprint density at radius 2 is 1.81 bits per heavy atom. The highest BCUT2D eigenvalue weighted by molar-refractivity contribution is 9.11. The SMILES string of the molecule is COc1ccc(C(=O)NCCC(=O)N/N=C/c2cc(Br)c(O)c(Br)c2)cc1. The van der Waals surface area contributed by atoms with E-state index in [-0.39, 0.29) is 30.5 Å². The van der Waals surface area contributed by atoms with E-state index < -0.39 is 0 Å². The molecule has 0 aliphatic heterocycles. The van der Waals surface area contributed by atoms with E-state index in [4.69, 9.17) is 4.74 Å². The normalized spacial score (nSPS) is 10.6. The Morgan fingerprint density at radius 3 is 2.41 bits per heavy atom. The minimum Gasteiger partial charge on any atom is -0.506 e. The lowest BCUT2D eigenvalue weighted by Gasteiger charge is -2.06. The molecule has 2 aromatic rings. The quantitative estimate of drug-likeness (QED) is 0.403. The topological polar surface area (TPSA) is 100 Å². The maximum atomic E-state index is 12.0. The number of rotatable bonds is 7. The van der Waals surface area contributed by atoms with Crippen LogP contribution in [-0.2, 0) is 4.79 Å². The third-order valence-corrected chi connectivity index (χ3v) is 4.64. The third-order valence-electron chi connectivity index (χ3n) is 3.43. The molecule has 0 atom stereocenters. The largest absolute Gasteiger partial charge is 0.506 e. The number of nitrogens with one attached hydrogen (secondary N) is 2. The van der Waals surface area contributed by atoms with Gasteiger partial charge in [-0.2, -0.15) is 5.10 Å². The molecule has 0 aromatic heterocycles. The molecule has 27 heavy (non-hydrogen) atoms. The van der Waals surface area contributed by atoms with Gasteiger partial charge < -0.3 is 15.2 Å². The highest BCUT2D eigenvalue weighted by atomic mass is 79.9. The number of hydrogen-bond acceptors (Lipinski definition) is 5. The van der Waals surface area contributed by atoms with E-state index >= 15 is 0 Å². The van der Waals surface area contributed by atoms with E-state index in [9.17, 15) is 14.7 Å². The second kappa shape index (κ2) is 10.1. The number of aromatic hydroxyl groups is 1. The summed E-state index contributed by atoms with van der Waals surface area (Å²) in [5.41, 5.74) is 3.55. The highest BCUT2D eigenvalue weighted by Gasteiger charge is 2.07. The van der Waals surface area contributed by atoms with Crippen LogP contribution in [0.2, 0.25) is 0 Å². The van der Waals surface area contributed by atoms with Gasteiger partial charge in [-0.15, -0.1) is 0 Å². The van der Waals surface area contributed by atoms with Crippen LogP contribution in [0.3, 0.4) is 0 Å². The molecule has 0 bridgehead atoms. The molecule has 2 amide bonds. The van der Waals surface area contributed by atoms with Crippen molar-refractivity contribution in [2.45, 2.75) is 6.42 Å². The third kappa shape index (κ3) is 6.37. The zero-order valence-corrected chi connectivity index (χ0v) is 17.5. The molecule has 0 saturated heterocycles. The number of hydrazone groups is 1. The van der Waals surface area contributed by atoms with Gasteiger partial charge in [0.05, 0.1) is 22.3 Å². The minimum absolute atomic E-state index is 0.0855. The summed E-state index contributed by atoms with van der Waals surface area (Å²) in [5, 5.41) is 16.2. The van der Waals surface area contributed by atoms with Gasteiger partial charge in [-0.05, 0) is 73.8 Å². The van der Waals surface area contributed by atoms with E-state index in [0.29, 0.717) is 25.8 Å². The second-order valence-electron chi connectivity index (χ2n) is 5.36. The first-order valence-electron chi connectivity index (χ1n) is 7.83. The summed E-state index contributed by atoms with van der Waals surface area (Å²) in [6, 6.07) is 9.99. The zero-order chi connectivity index (χ0) is 19.8. The number of carbonyl (C=O) groups excluding carboxylic acids is 2.